The molecule has 0 aliphatic heterocycles. The van der Waals surface area contributed by atoms with Crippen molar-refractivity contribution >= 4 is 17.4 Å². The Morgan fingerprint density at radius 2 is 2.05 bits per heavy atom. The summed E-state index contributed by atoms with van der Waals surface area (Å²) in [7, 11) is 0. The Morgan fingerprint density at radius 3 is 2.86 bits per heavy atom. The van der Waals surface area contributed by atoms with E-state index >= 15 is 0 Å². The van der Waals surface area contributed by atoms with Gasteiger partial charge in [0.2, 0.25) is 6.41 Å². The zero-order chi connectivity index (χ0) is 15.2. The lowest BCUT2D eigenvalue weighted by molar-refractivity contribution is -0.109. The van der Waals surface area contributed by atoms with Gasteiger partial charge in [0.1, 0.15) is 5.82 Å². The fourth-order valence-corrected chi connectivity index (χ4v) is 3.60. The second kappa shape index (κ2) is 7.43. The number of fused-ring (bicyclic) bond motifs is 1. The van der Waals surface area contributed by atoms with Gasteiger partial charge in [0, 0.05) is 19.5 Å². The van der Waals surface area contributed by atoms with Gasteiger partial charge in [-0.2, -0.15) is 0 Å². The molecule has 1 aliphatic carbocycles. The van der Waals surface area contributed by atoms with Gasteiger partial charge in [-0.1, -0.05) is 44.2 Å². The molecule has 0 bridgehead atoms. The van der Waals surface area contributed by atoms with Crippen LogP contribution in [0, 0.1) is 5.92 Å². The van der Waals surface area contributed by atoms with E-state index < -0.39 is 0 Å². The molecule has 2 aromatic rings. The normalized spacial score (nSPS) is 16.0. The van der Waals surface area contributed by atoms with Crippen molar-refractivity contribution in [1.82, 2.24) is 14.9 Å². The van der Waals surface area contributed by atoms with Gasteiger partial charge in [-0.3, -0.25) is 4.79 Å². The topological polar surface area (TPSA) is 46.9 Å². The summed E-state index contributed by atoms with van der Waals surface area (Å²) in [5, 5.41) is 2.74. The number of para-hydroxylation sites is 2. The van der Waals surface area contributed by atoms with Crippen LogP contribution >= 0.6 is 0 Å². The molecular formula is C18H25N3O. The summed E-state index contributed by atoms with van der Waals surface area (Å²) in [6, 6.07) is 8.34. The number of benzene rings is 1. The van der Waals surface area contributed by atoms with Gasteiger partial charge in [-0.15, -0.1) is 0 Å². The monoisotopic (exact) mass is 299 g/mol. The third kappa shape index (κ3) is 3.49. The lowest BCUT2D eigenvalue weighted by Crippen LogP contribution is -2.18. The number of aryl methyl sites for hydroxylation is 1. The highest BCUT2D eigenvalue weighted by molar-refractivity contribution is 5.75. The van der Waals surface area contributed by atoms with E-state index in [1.54, 1.807) is 0 Å². The lowest BCUT2D eigenvalue weighted by atomic mass is 9.87. The van der Waals surface area contributed by atoms with Gasteiger partial charge < -0.3 is 9.88 Å². The standard InChI is InChI=1S/C18H25N3O/c22-14-19-12-10-18-20-16-8-4-5-9-17(16)21(18)13-11-15-6-2-1-3-7-15/h4-5,8-9,14-15H,1-3,6-7,10-13H2,(H,19,22). The first-order valence-electron chi connectivity index (χ1n) is 8.49. The third-order valence-corrected chi connectivity index (χ3v) is 4.80. The molecule has 0 atom stereocenters. The summed E-state index contributed by atoms with van der Waals surface area (Å²) in [5.74, 6) is 1.96. The molecule has 1 aromatic heterocycles. The molecule has 4 heteroatoms. The first-order chi connectivity index (χ1) is 10.9. The van der Waals surface area contributed by atoms with Crippen LogP contribution in [0.3, 0.4) is 0 Å². The maximum atomic E-state index is 10.4. The highest BCUT2D eigenvalue weighted by Crippen LogP contribution is 2.27. The van der Waals surface area contributed by atoms with Crippen LogP contribution < -0.4 is 5.32 Å². The first kappa shape index (κ1) is 15.1. The number of carbonyl (C=O) groups is 1. The fourth-order valence-electron chi connectivity index (χ4n) is 3.60. The van der Waals surface area contributed by atoms with E-state index in [1.807, 2.05) is 6.07 Å². The molecule has 1 aromatic carbocycles. The minimum atomic E-state index is 0.649. The van der Waals surface area contributed by atoms with Crippen molar-refractivity contribution < 1.29 is 4.79 Å². The zero-order valence-electron chi connectivity index (χ0n) is 13.1. The van der Waals surface area contributed by atoms with Crippen LogP contribution in [0.1, 0.15) is 44.3 Å². The lowest BCUT2D eigenvalue weighted by Gasteiger charge is -2.22. The van der Waals surface area contributed by atoms with Crippen LogP contribution in [0.15, 0.2) is 24.3 Å². The number of nitrogens with one attached hydrogen (secondary N) is 1. The third-order valence-electron chi connectivity index (χ3n) is 4.80. The molecule has 0 saturated heterocycles. The molecule has 1 heterocycles. The van der Waals surface area contributed by atoms with E-state index in [1.165, 1.54) is 44.0 Å². The SMILES string of the molecule is O=CNCCc1nc2ccccc2n1CCC1CCCCC1. The van der Waals surface area contributed by atoms with Crippen LogP contribution in [-0.4, -0.2) is 22.5 Å². The van der Waals surface area contributed by atoms with E-state index in [9.17, 15) is 4.79 Å². The smallest absolute Gasteiger partial charge is 0.207 e. The molecule has 118 valence electrons. The van der Waals surface area contributed by atoms with E-state index in [2.05, 4.69) is 28.1 Å². The predicted molar refractivity (Wildman–Crippen MR) is 88.7 cm³/mol. The molecule has 0 unspecified atom stereocenters. The van der Waals surface area contributed by atoms with Crippen molar-refractivity contribution in [2.45, 2.75) is 51.5 Å². The van der Waals surface area contributed by atoms with Crippen molar-refractivity contribution in [3.8, 4) is 0 Å². The van der Waals surface area contributed by atoms with Crippen LogP contribution in [0.5, 0.6) is 0 Å². The van der Waals surface area contributed by atoms with E-state index in [0.717, 1.165) is 36.6 Å². The summed E-state index contributed by atoms with van der Waals surface area (Å²) >= 11 is 0. The van der Waals surface area contributed by atoms with Crippen molar-refractivity contribution in [2.75, 3.05) is 6.54 Å². The minimum Gasteiger partial charge on any atom is -0.358 e. The van der Waals surface area contributed by atoms with E-state index in [-0.39, 0.29) is 0 Å². The molecule has 0 spiro atoms. The van der Waals surface area contributed by atoms with E-state index in [4.69, 9.17) is 4.98 Å². The molecule has 1 amide bonds. The largest absolute Gasteiger partial charge is 0.358 e. The van der Waals surface area contributed by atoms with Crippen LogP contribution in [0.25, 0.3) is 11.0 Å². The number of rotatable bonds is 7. The van der Waals surface area contributed by atoms with Gasteiger partial charge in [0.15, 0.2) is 0 Å². The summed E-state index contributed by atoms with van der Waals surface area (Å²) in [6.45, 7) is 1.69. The molecular weight excluding hydrogens is 274 g/mol. The van der Waals surface area contributed by atoms with Gasteiger partial charge in [0.25, 0.3) is 0 Å². The number of hydrogen-bond acceptors (Lipinski definition) is 2. The molecule has 22 heavy (non-hydrogen) atoms. The van der Waals surface area contributed by atoms with Crippen LogP contribution in [0.4, 0.5) is 0 Å². The van der Waals surface area contributed by atoms with Crippen molar-refractivity contribution in [3.63, 3.8) is 0 Å². The van der Waals surface area contributed by atoms with Crippen molar-refractivity contribution in [3.05, 3.63) is 30.1 Å². The Balaban J connectivity index is 1.75. The highest BCUT2D eigenvalue weighted by atomic mass is 16.1. The molecule has 4 nitrogen and oxygen atoms in total. The van der Waals surface area contributed by atoms with Gasteiger partial charge in [0.05, 0.1) is 11.0 Å². The van der Waals surface area contributed by atoms with Crippen molar-refractivity contribution in [2.24, 2.45) is 5.92 Å². The van der Waals surface area contributed by atoms with Crippen molar-refractivity contribution in [1.29, 1.82) is 0 Å². The Hall–Kier alpha value is -1.84. The maximum absolute atomic E-state index is 10.4. The summed E-state index contributed by atoms with van der Waals surface area (Å²) in [6.07, 6.45) is 9.76. The summed E-state index contributed by atoms with van der Waals surface area (Å²) in [5.41, 5.74) is 2.28. The van der Waals surface area contributed by atoms with Gasteiger partial charge >= 0.3 is 0 Å². The molecule has 1 N–H and O–H groups in total. The van der Waals surface area contributed by atoms with Gasteiger partial charge in [-0.25, -0.2) is 4.98 Å². The number of imidazole rings is 1. The maximum Gasteiger partial charge on any atom is 0.207 e. The Morgan fingerprint density at radius 1 is 1.23 bits per heavy atom. The average molecular weight is 299 g/mol. The Bertz CT molecular complexity index is 614. The fraction of sp³-hybridized carbons (Fsp3) is 0.556. The number of nitrogens with zero attached hydrogens (tertiary/aromatic N) is 2. The molecule has 0 radical (unpaired) electrons. The number of hydrogen-bond donors (Lipinski definition) is 1. The zero-order valence-corrected chi connectivity index (χ0v) is 13.1. The second-order valence-electron chi connectivity index (χ2n) is 6.28. The highest BCUT2D eigenvalue weighted by Gasteiger charge is 2.15. The molecule has 1 aliphatic rings. The Kier molecular flexibility index (Phi) is 5.09. The predicted octanol–water partition coefficient (Wildman–Crippen LogP) is 3.30. The number of aromatic nitrogens is 2. The molecule has 1 saturated carbocycles. The number of carbonyl (C=O) groups excluding carboxylic acids is 1. The quantitative estimate of drug-likeness (QED) is 0.630. The molecule has 1 fully saturated rings. The second-order valence-corrected chi connectivity index (χ2v) is 6.28. The minimum absolute atomic E-state index is 0.649. The van der Waals surface area contributed by atoms with Crippen LogP contribution in [-0.2, 0) is 17.8 Å². The van der Waals surface area contributed by atoms with E-state index in [0.29, 0.717) is 6.54 Å². The molecule has 3 rings (SSSR count). The average Bonchev–Trinajstić information content (AvgIpc) is 2.92. The van der Waals surface area contributed by atoms with Crippen LogP contribution in [0.2, 0.25) is 0 Å². The first-order valence-corrected chi connectivity index (χ1v) is 8.49. The summed E-state index contributed by atoms with van der Waals surface area (Å²) in [4.78, 5) is 15.2. The Labute approximate surface area is 131 Å². The van der Waals surface area contributed by atoms with Gasteiger partial charge in [-0.05, 0) is 24.5 Å². The summed E-state index contributed by atoms with van der Waals surface area (Å²) < 4.78 is 2.36. The number of amides is 1.